The molecule has 0 atom stereocenters. The van der Waals surface area contributed by atoms with Crippen molar-refractivity contribution in [1.82, 2.24) is 5.32 Å². The Kier molecular flexibility index (Phi) is 4.50. The highest BCUT2D eigenvalue weighted by Crippen LogP contribution is 2.32. The second-order valence-corrected chi connectivity index (χ2v) is 6.45. The molecule has 0 aliphatic heterocycles. The van der Waals surface area contributed by atoms with Crippen molar-refractivity contribution < 1.29 is 14.2 Å². The molecule has 0 saturated carbocycles. The summed E-state index contributed by atoms with van der Waals surface area (Å²) in [6.45, 7) is 0.396. The molecule has 25 heavy (non-hydrogen) atoms. The Morgan fingerprint density at radius 3 is 2.72 bits per heavy atom. The number of fused-ring (bicyclic) bond motifs is 1. The third kappa shape index (κ3) is 3.36. The number of aromatic nitrogens is 1. The first-order chi connectivity index (χ1) is 12.0. The van der Waals surface area contributed by atoms with Gasteiger partial charge in [-0.1, -0.05) is 23.5 Å². The van der Waals surface area contributed by atoms with Crippen LogP contribution in [0.3, 0.4) is 0 Å². The number of thiophene rings is 1. The Morgan fingerprint density at radius 1 is 1.32 bits per heavy atom. The molecule has 3 rings (SSSR count). The average molecular weight is 356 g/mol. The molecule has 8 heteroatoms. The summed E-state index contributed by atoms with van der Waals surface area (Å²) in [5.74, 6) is -0.357. The van der Waals surface area contributed by atoms with Gasteiger partial charge in [-0.2, -0.15) is 5.26 Å². The molecule has 1 amide bonds. The lowest BCUT2D eigenvalue weighted by Crippen LogP contribution is -2.25. The molecule has 1 aromatic carbocycles. The summed E-state index contributed by atoms with van der Waals surface area (Å²) in [6.07, 6.45) is 0.578. The van der Waals surface area contributed by atoms with Crippen LogP contribution in [0.25, 0.3) is 10.2 Å². The van der Waals surface area contributed by atoms with Crippen LogP contribution in [0, 0.1) is 17.1 Å². The molecule has 0 aliphatic rings. The van der Waals surface area contributed by atoms with E-state index in [0.717, 1.165) is 5.56 Å². The second kappa shape index (κ2) is 6.75. The number of amides is 1. The van der Waals surface area contributed by atoms with E-state index in [2.05, 4.69) is 10.3 Å². The fourth-order valence-electron chi connectivity index (χ4n) is 2.42. The number of pyridine rings is 1. The Hall–Kier alpha value is -3.18. The van der Waals surface area contributed by atoms with E-state index in [0.29, 0.717) is 33.7 Å². The monoisotopic (exact) mass is 356 g/mol. The number of nitrogens with two attached hydrogens (primary N) is 2. The van der Waals surface area contributed by atoms with Crippen molar-refractivity contribution in [2.24, 2.45) is 0 Å². The van der Waals surface area contributed by atoms with Crippen molar-refractivity contribution in [3.8, 4) is 6.07 Å². The molecule has 2 aromatic heterocycles. The first-order valence-corrected chi connectivity index (χ1v) is 8.27. The van der Waals surface area contributed by atoms with Crippen molar-refractivity contribution >= 4 is 39.0 Å². The Balaban J connectivity index is 1.74. The number of carbonyl (C=O) groups is 1. The highest BCUT2D eigenvalue weighted by atomic mass is 32.1. The summed E-state index contributed by atoms with van der Waals surface area (Å²) in [5, 5.41) is 12.4. The van der Waals surface area contributed by atoms with Crippen molar-refractivity contribution in [2.45, 2.75) is 6.42 Å². The lowest BCUT2D eigenvalue weighted by Gasteiger charge is -2.04. The van der Waals surface area contributed by atoms with Gasteiger partial charge >= 0.3 is 0 Å². The minimum Gasteiger partial charge on any atom is -0.397 e. The fraction of sp³-hybridized carbons (Fsp3) is 0.118. The van der Waals surface area contributed by atoms with E-state index in [1.54, 1.807) is 18.2 Å². The topological polar surface area (TPSA) is 119 Å². The molecule has 3 aromatic rings. The third-order valence-electron chi connectivity index (χ3n) is 3.75. The van der Waals surface area contributed by atoms with Gasteiger partial charge in [0.25, 0.3) is 11.7 Å². The van der Waals surface area contributed by atoms with Gasteiger partial charge in [-0.3, -0.25) is 10.5 Å². The summed E-state index contributed by atoms with van der Waals surface area (Å²) in [7, 11) is 0. The number of hydrogen-bond donors (Lipinski definition) is 3. The summed E-state index contributed by atoms with van der Waals surface area (Å²) in [6, 6.07) is 9.67. The number of H-pyrrole nitrogens is 1. The standard InChI is InChI=1S/C17H14FN5OS/c18-11-3-1-9(2-4-11)5-6-22-16(24)14-13(20)12-7-10(8-19)15(21)23-17(12)25-14/h1-4,7H,5-6,20H2,(H2,21,23)(H,22,24)/p+1. The number of nitrogens with zero attached hydrogens (tertiary/aromatic N) is 1. The average Bonchev–Trinajstić information content (AvgIpc) is 2.91. The zero-order valence-electron chi connectivity index (χ0n) is 13.1. The molecule has 0 radical (unpaired) electrons. The van der Waals surface area contributed by atoms with Crippen molar-refractivity contribution in [3.05, 3.63) is 52.2 Å². The van der Waals surface area contributed by atoms with Crippen LogP contribution in [0.15, 0.2) is 30.3 Å². The zero-order valence-corrected chi connectivity index (χ0v) is 13.9. The van der Waals surface area contributed by atoms with Crippen molar-refractivity contribution in [1.29, 1.82) is 5.26 Å². The van der Waals surface area contributed by atoms with Crippen LogP contribution in [-0.4, -0.2) is 12.5 Å². The Morgan fingerprint density at radius 2 is 2.04 bits per heavy atom. The molecule has 0 aliphatic carbocycles. The van der Waals surface area contributed by atoms with Gasteiger partial charge < -0.3 is 11.1 Å². The molecule has 0 saturated heterocycles. The number of aromatic amines is 1. The smallest absolute Gasteiger partial charge is 0.289 e. The van der Waals surface area contributed by atoms with Gasteiger partial charge in [0.1, 0.15) is 22.3 Å². The van der Waals surface area contributed by atoms with E-state index in [4.69, 9.17) is 16.7 Å². The minimum absolute atomic E-state index is 0.236. The van der Waals surface area contributed by atoms with E-state index < -0.39 is 0 Å². The number of hydrogen-bond acceptors (Lipinski definition) is 5. The molecular formula is C17H15FN5OS+. The minimum atomic E-state index is -0.300. The second-order valence-electron chi connectivity index (χ2n) is 5.43. The van der Waals surface area contributed by atoms with Gasteiger partial charge in [0, 0.05) is 6.54 Å². The molecular weight excluding hydrogens is 341 g/mol. The van der Waals surface area contributed by atoms with Crippen LogP contribution in [-0.2, 0) is 6.42 Å². The molecule has 0 spiro atoms. The van der Waals surface area contributed by atoms with Crippen LogP contribution in [0.1, 0.15) is 20.8 Å². The number of nitriles is 1. The summed E-state index contributed by atoms with van der Waals surface area (Å²) in [5.41, 5.74) is 13.3. The predicted octanol–water partition coefficient (Wildman–Crippen LogP) is 1.86. The highest BCUT2D eigenvalue weighted by molar-refractivity contribution is 7.20. The number of rotatable bonds is 4. The summed E-state index contributed by atoms with van der Waals surface area (Å²) < 4.78 is 12.9. The quantitative estimate of drug-likeness (QED) is 0.661. The van der Waals surface area contributed by atoms with E-state index in [9.17, 15) is 9.18 Å². The lowest BCUT2D eigenvalue weighted by molar-refractivity contribution is -0.323. The number of halogens is 1. The lowest BCUT2D eigenvalue weighted by atomic mass is 10.1. The van der Waals surface area contributed by atoms with E-state index >= 15 is 0 Å². The highest BCUT2D eigenvalue weighted by Gasteiger charge is 2.20. The van der Waals surface area contributed by atoms with Crippen LogP contribution in [0.2, 0.25) is 0 Å². The first kappa shape index (κ1) is 16.7. The van der Waals surface area contributed by atoms with Crippen LogP contribution < -0.4 is 21.8 Å². The molecule has 2 heterocycles. The number of carbonyl (C=O) groups excluding carboxylic acids is 1. The van der Waals surface area contributed by atoms with Crippen molar-refractivity contribution in [2.75, 3.05) is 18.0 Å². The number of nitrogen functional groups attached to an aromatic ring is 2. The van der Waals surface area contributed by atoms with Crippen LogP contribution in [0.5, 0.6) is 0 Å². The molecule has 0 fully saturated rings. The van der Waals surface area contributed by atoms with Gasteiger partial charge in [-0.15, -0.1) is 0 Å². The van der Waals surface area contributed by atoms with Gasteiger partial charge in [0.05, 0.1) is 11.1 Å². The molecule has 6 nitrogen and oxygen atoms in total. The van der Waals surface area contributed by atoms with Gasteiger partial charge in [-0.25, -0.2) is 9.37 Å². The first-order valence-electron chi connectivity index (χ1n) is 7.46. The largest absolute Gasteiger partial charge is 0.397 e. The number of benzene rings is 1. The molecule has 126 valence electrons. The van der Waals surface area contributed by atoms with Crippen LogP contribution >= 0.6 is 11.3 Å². The maximum atomic E-state index is 12.9. The van der Waals surface area contributed by atoms with Gasteiger partial charge in [0.2, 0.25) is 0 Å². The maximum Gasteiger partial charge on any atom is 0.289 e. The normalized spacial score (nSPS) is 10.6. The molecule has 0 bridgehead atoms. The Labute approximate surface area is 146 Å². The number of nitrogens with one attached hydrogen (secondary N) is 2. The zero-order chi connectivity index (χ0) is 18.0. The van der Waals surface area contributed by atoms with E-state index in [1.165, 1.54) is 23.5 Å². The van der Waals surface area contributed by atoms with Gasteiger partial charge in [-0.05, 0) is 30.2 Å². The predicted molar refractivity (Wildman–Crippen MR) is 94.4 cm³/mol. The van der Waals surface area contributed by atoms with Crippen molar-refractivity contribution in [3.63, 3.8) is 0 Å². The molecule has 6 N–H and O–H groups in total. The SMILES string of the molecule is N#Cc1cc2c(N)c(C(=O)NCCc3ccc(F)cc3)sc2[nH+]c1N. The molecule has 0 unspecified atom stereocenters. The summed E-state index contributed by atoms with van der Waals surface area (Å²) >= 11 is 1.18. The summed E-state index contributed by atoms with van der Waals surface area (Å²) in [4.78, 5) is 16.3. The maximum absolute atomic E-state index is 12.9. The van der Waals surface area contributed by atoms with E-state index in [-0.39, 0.29) is 23.1 Å². The van der Waals surface area contributed by atoms with Crippen LogP contribution in [0.4, 0.5) is 15.9 Å². The number of anilines is 2. The Bertz CT molecular complexity index is 991. The van der Waals surface area contributed by atoms with Gasteiger partial charge in [0.15, 0.2) is 4.83 Å². The fourth-order valence-corrected chi connectivity index (χ4v) is 3.45. The van der Waals surface area contributed by atoms with E-state index in [1.807, 2.05) is 6.07 Å². The third-order valence-corrected chi connectivity index (χ3v) is 4.89.